The average molecular weight is 455 g/mol. The monoisotopic (exact) mass is 454 g/mol. The fourth-order valence-electron chi connectivity index (χ4n) is 3.36. The molecule has 10 heteroatoms. The molecular formula is C21H25F3N4O2S. The normalized spacial score (nSPS) is 17.8. The Labute approximate surface area is 182 Å². The Bertz CT molecular complexity index is 931. The van der Waals surface area contributed by atoms with Gasteiger partial charge in [0.25, 0.3) is 5.91 Å². The van der Waals surface area contributed by atoms with Crippen LogP contribution in [0.3, 0.4) is 0 Å². The minimum absolute atomic E-state index is 0.0221. The summed E-state index contributed by atoms with van der Waals surface area (Å²) in [5.41, 5.74) is -0.372. The fourth-order valence-corrected chi connectivity index (χ4v) is 4.07. The maximum Gasteiger partial charge on any atom is 0.416 e. The zero-order valence-electron chi connectivity index (χ0n) is 17.3. The standard InChI is InChI=1S/C21H25F3N4O2S/c1-3-13(2)25-18(29)17-9-4-5-10-28(17)19(30)16-12-31-20(27-16)26-15-8-6-7-14(11-15)21(22,23)24/h6-8,11-13,17H,3-5,9-10H2,1-2H3,(H,25,29)(H,26,27)/t13-,17-/m0/s1. The Balaban J connectivity index is 1.72. The quantitative estimate of drug-likeness (QED) is 0.657. The van der Waals surface area contributed by atoms with Crippen molar-refractivity contribution >= 4 is 34.0 Å². The summed E-state index contributed by atoms with van der Waals surface area (Å²) in [6, 6.07) is 4.26. The largest absolute Gasteiger partial charge is 0.416 e. The van der Waals surface area contributed by atoms with Gasteiger partial charge >= 0.3 is 6.18 Å². The molecule has 1 saturated heterocycles. The van der Waals surface area contributed by atoms with Crippen LogP contribution in [0.1, 0.15) is 55.6 Å². The number of halogens is 3. The van der Waals surface area contributed by atoms with Crippen LogP contribution in [0, 0.1) is 0 Å². The zero-order chi connectivity index (χ0) is 22.6. The van der Waals surface area contributed by atoms with E-state index in [0.717, 1.165) is 42.7 Å². The molecule has 6 nitrogen and oxygen atoms in total. The lowest BCUT2D eigenvalue weighted by molar-refractivity contribution is -0.137. The Morgan fingerprint density at radius 1 is 1.32 bits per heavy atom. The van der Waals surface area contributed by atoms with E-state index < -0.39 is 17.8 Å². The molecule has 0 unspecified atom stereocenters. The number of rotatable bonds is 6. The summed E-state index contributed by atoms with van der Waals surface area (Å²) >= 11 is 1.12. The lowest BCUT2D eigenvalue weighted by Gasteiger charge is -2.34. The lowest BCUT2D eigenvalue weighted by Crippen LogP contribution is -2.53. The SMILES string of the molecule is CC[C@H](C)NC(=O)[C@@H]1CCCCN1C(=O)c1csc(Nc2cccc(C(F)(F)F)c2)n1. The summed E-state index contributed by atoms with van der Waals surface area (Å²) in [5.74, 6) is -0.516. The molecule has 3 rings (SSSR count). The number of thiazole rings is 1. The van der Waals surface area contributed by atoms with Gasteiger partial charge in [-0.05, 0) is 50.8 Å². The number of nitrogens with one attached hydrogen (secondary N) is 2. The van der Waals surface area contributed by atoms with E-state index in [4.69, 9.17) is 0 Å². The summed E-state index contributed by atoms with van der Waals surface area (Å²) in [7, 11) is 0. The van der Waals surface area contributed by atoms with Crippen molar-refractivity contribution in [2.24, 2.45) is 0 Å². The second-order valence-corrected chi connectivity index (χ2v) is 8.43. The number of anilines is 2. The molecule has 0 bridgehead atoms. The molecule has 168 valence electrons. The van der Waals surface area contributed by atoms with Gasteiger partial charge in [0.05, 0.1) is 5.56 Å². The van der Waals surface area contributed by atoms with E-state index in [1.165, 1.54) is 12.1 Å². The molecular weight excluding hydrogens is 429 g/mol. The van der Waals surface area contributed by atoms with Crippen molar-refractivity contribution in [3.8, 4) is 0 Å². The van der Waals surface area contributed by atoms with E-state index in [1.807, 2.05) is 13.8 Å². The van der Waals surface area contributed by atoms with Crippen LogP contribution in [0.5, 0.6) is 0 Å². The number of carbonyl (C=O) groups is 2. The molecule has 1 aromatic carbocycles. The van der Waals surface area contributed by atoms with E-state index in [9.17, 15) is 22.8 Å². The van der Waals surface area contributed by atoms with Gasteiger partial charge in [0.1, 0.15) is 11.7 Å². The van der Waals surface area contributed by atoms with Crippen LogP contribution in [-0.2, 0) is 11.0 Å². The van der Waals surface area contributed by atoms with Gasteiger partial charge in [-0.15, -0.1) is 11.3 Å². The van der Waals surface area contributed by atoms with Crippen molar-refractivity contribution in [2.45, 2.75) is 57.8 Å². The van der Waals surface area contributed by atoms with Gasteiger partial charge in [0.2, 0.25) is 5.91 Å². The summed E-state index contributed by atoms with van der Waals surface area (Å²) < 4.78 is 38.7. The number of likely N-dealkylation sites (tertiary alicyclic amines) is 1. The molecule has 0 radical (unpaired) electrons. The average Bonchev–Trinajstić information content (AvgIpc) is 3.21. The fraction of sp³-hybridized carbons (Fsp3) is 0.476. The molecule has 1 aliphatic heterocycles. The van der Waals surface area contributed by atoms with E-state index in [2.05, 4.69) is 15.6 Å². The molecule has 1 fully saturated rings. The number of alkyl halides is 3. The first kappa shape index (κ1) is 23.1. The van der Waals surface area contributed by atoms with E-state index in [1.54, 1.807) is 10.3 Å². The number of piperidine rings is 1. The predicted octanol–water partition coefficient (Wildman–Crippen LogP) is 4.81. The summed E-state index contributed by atoms with van der Waals surface area (Å²) in [6.07, 6.45) is -1.39. The lowest BCUT2D eigenvalue weighted by atomic mass is 10.0. The van der Waals surface area contributed by atoms with Gasteiger partial charge < -0.3 is 15.5 Å². The highest BCUT2D eigenvalue weighted by atomic mass is 32.1. The van der Waals surface area contributed by atoms with Gasteiger partial charge in [0, 0.05) is 23.7 Å². The van der Waals surface area contributed by atoms with Crippen LogP contribution < -0.4 is 10.6 Å². The third-order valence-electron chi connectivity index (χ3n) is 5.23. The molecule has 2 N–H and O–H groups in total. The first-order chi connectivity index (χ1) is 14.7. The summed E-state index contributed by atoms with van der Waals surface area (Å²) in [4.78, 5) is 31.5. The van der Waals surface area contributed by atoms with Crippen LogP contribution in [0.15, 0.2) is 29.6 Å². The van der Waals surface area contributed by atoms with Gasteiger partial charge in [0.15, 0.2) is 5.13 Å². The molecule has 2 aromatic rings. The third-order valence-corrected chi connectivity index (χ3v) is 5.99. The zero-order valence-corrected chi connectivity index (χ0v) is 18.1. The van der Waals surface area contributed by atoms with Gasteiger partial charge in [-0.1, -0.05) is 13.0 Å². The molecule has 0 aliphatic carbocycles. The van der Waals surface area contributed by atoms with Crippen molar-refractivity contribution in [3.05, 3.63) is 40.9 Å². The second kappa shape index (κ2) is 9.67. The van der Waals surface area contributed by atoms with Crippen LogP contribution in [0.4, 0.5) is 24.0 Å². The highest BCUT2D eigenvalue weighted by Gasteiger charge is 2.34. The Kier molecular flexibility index (Phi) is 7.19. The Hall–Kier alpha value is -2.62. The molecule has 31 heavy (non-hydrogen) atoms. The van der Waals surface area contributed by atoms with Crippen LogP contribution in [0.25, 0.3) is 0 Å². The maximum absolute atomic E-state index is 13.0. The molecule has 1 aromatic heterocycles. The van der Waals surface area contributed by atoms with Crippen molar-refractivity contribution < 1.29 is 22.8 Å². The minimum atomic E-state index is -4.44. The Morgan fingerprint density at radius 3 is 2.81 bits per heavy atom. The topological polar surface area (TPSA) is 74.3 Å². The molecule has 2 amide bonds. The van der Waals surface area contributed by atoms with Gasteiger partial charge in [-0.2, -0.15) is 13.2 Å². The number of hydrogen-bond donors (Lipinski definition) is 2. The number of nitrogens with zero attached hydrogens (tertiary/aromatic N) is 2. The highest BCUT2D eigenvalue weighted by molar-refractivity contribution is 7.14. The predicted molar refractivity (Wildman–Crippen MR) is 113 cm³/mol. The first-order valence-electron chi connectivity index (χ1n) is 10.2. The third kappa shape index (κ3) is 5.75. The van der Waals surface area contributed by atoms with E-state index in [-0.39, 0.29) is 29.2 Å². The molecule has 1 aliphatic rings. The van der Waals surface area contributed by atoms with E-state index >= 15 is 0 Å². The number of benzene rings is 1. The molecule has 0 spiro atoms. The molecule has 2 heterocycles. The number of aromatic nitrogens is 1. The minimum Gasteiger partial charge on any atom is -0.352 e. The van der Waals surface area contributed by atoms with E-state index in [0.29, 0.717) is 18.1 Å². The van der Waals surface area contributed by atoms with Crippen LogP contribution >= 0.6 is 11.3 Å². The first-order valence-corrected chi connectivity index (χ1v) is 11.1. The smallest absolute Gasteiger partial charge is 0.352 e. The number of carbonyl (C=O) groups excluding carboxylic acids is 2. The molecule has 2 atom stereocenters. The summed E-state index contributed by atoms with van der Waals surface area (Å²) in [5, 5.41) is 7.61. The summed E-state index contributed by atoms with van der Waals surface area (Å²) in [6.45, 7) is 4.35. The maximum atomic E-state index is 13.0. The van der Waals surface area contributed by atoms with Gasteiger partial charge in [-0.3, -0.25) is 9.59 Å². The van der Waals surface area contributed by atoms with Gasteiger partial charge in [-0.25, -0.2) is 4.98 Å². The number of hydrogen-bond acceptors (Lipinski definition) is 5. The second-order valence-electron chi connectivity index (χ2n) is 7.57. The van der Waals surface area contributed by atoms with Crippen molar-refractivity contribution in [1.82, 2.24) is 15.2 Å². The van der Waals surface area contributed by atoms with Crippen LogP contribution in [0.2, 0.25) is 0 Å². The Morgan fingerprint density at radius 2 is 2.10 bits per heavy atom. The van der Waals surface area contributed by atoms with Crippen LogP contribution in [-0.4, -0.2) is 40.3 Å². The van der Waals surface area contributed by atoms with Crippen molar-refractivity contribution in [2.75, 3.05) is 11.9 Å². The van der Waals surface area contributed by atoms with Crippen molar-refractivity contribution in [3.63, 3.8) is 0 Å². The molecule has 0 saturated carbocycles. The van der Waals surface area contributed by atoms with Crippen molar-refractivity contribution in [1.29, 1.82) is 0 Å². The number of amides is 2. The highest BCUT2D eigenvalue weighted by Crippen LogP contribution is 2.32.